The van der Waals surface area contributed by atoms with Gasteiger partial charge in [0.2, 0.25) is 0 Å². The minimum absolute atomic E-state index is 0.559. The molecule has 2 unspecified atom stereocenters. The molecule has 1 aromatic carbocycles. The number of anilines is 2. The van der Waals surface area contributed by atoms with Gasteiger partial charge in [0.1, 0.15) is 0 Å². The summed E-state index contributed by atoms with van der Waals surface area (Å²) >= 11 is 0. The first-order valence-corrected chi connectivity index (χ1v) is 7.94. The molecule has 112 valence electrons. The number of rotatable bonds is 2. The molecular formula is C18H25N3. The van der Waals surface area contributed by atoms with Gasteiger partial charge in [-0.3, -0.25) is 4.98 Å². The Morgan fingerprint density at radius 1 is 1.10 bits per heavy atom. The number of pyridine rings is 1. The predicted molar refractivity (Wildman–Crippen MR) is 90.5 cm³/mol. The van der Waals surface area contributed by atoms with Crippen molar-refractivity contribution in [3.63, 3.8) is 0 Å². The molecule has 1 heterocycles. The molecule has 1 fully saturated rings. The van der Waals surface area contributed by atoms with Crippen LogP contribution in [0.2, 0.25) is 0 Å². The minimum Gasteiger partial charge on any atom is -0.398 e. The lowest BCUT2D eigenvalue weighted by molar-refractivity contribution is 0.281. The van der Waals surface area contributed by atoms with Gasteiger partial charge in [-0.05, 0) is 56.2 Å². The van der Waals surface area contributed by atoms with E-state index in [0.29, 0.717) is 6.04 Å². The maximum absolute atomic E-state index is 6.08. The van der Waals surface area contributed by atoms with Crippen molar-refractivity contribution >= 4 is 22.1 Å². The molecule has 0 bridgehead atoms. The average molecular weight is 283 g/mol. The number of aromatic nitrogens is 1. The fraction of sp³-hybridized carbons (Fsp3) is 0.500. The highest BCUT2D eigenvalue weighted by Gasteiger charge is 2.24. The summed E-state index contributed by atoms with van der Waals surface area (Å²) in [7, 11) is 0. The van der Waals surface area contributed by atoms with Crippen molar-refractivity contribution in [2.24, 2.45) is 11.8 Å². The first-order chi connectivity index (χ1) is 10.0. The van der Waals surface area contributed by atoms with Crippen LogP contribution in [-0.2, 0) is 0 Å². The van der Waals surface area contributed by atoms with E-state index >= 15 is 0 Å². The Morgan fingerprint density at radius 2 is 1.81 bits per heavy atom. The van der Waals surface area contributed by atoms with Gasteiger partial charge in [-0.1, -0.05) is 13.8 Å². The summed E-state index contributed by atoms with van der Waals surface area (Å²) in [5, 5.41) is 5.99. The van der Waals surface area contributed by atoms with Crippen molar-refractivity contribution < 1.29 is 0 Å². The van der Waals surface area contributed by atoms with Crippen LogP contribution >= 0.6 is 0 Å². The molecule has 0 spiro atoms. The fourth-order valence-electron chi connectivity index (χ4n) is 3.78. The largest absolute Gasteiger partial charge is 0.398 e. The maximum Gasteiger partial charge on any atom is 0.0424 e. The van der Waals surface area contributed by atoms with Gasteiger partial charge in [-0.15, -0.1) is 0 Å². The van der Waals surface area contributed by atoms with Gasteiger partial charge < -0.3 is 11.1 Å². The van der Waals surface area contributed by atoms with Gasteiger partial charge >= 0.3 is 0 Å². The molecule has 3 nitrogen and oxygen atoms in total. The van der Waals surface area contributed by atoms with Gasteiger partial charge in [-0.2, -0.15) is 0 Å². The van der Waals surface area contributed by atoms with E-state index in [1.165, 1.54) is 30.3 Å². The molecule has 21 heavy (non-hydrogen) atoms. The predicted octanol–water partition coefficient (Wildman–Crippen LogP) is 4.36. The normalized spacial score (nSPS) is 26.0. The monoisotopic (exact) mass is 283 g/mol. The number of benzene rings is 1. The number of nitrogens with one attached hydrogen (secondary N) is 1. The second-order valence-electron chi connectivity index (χ2n) is 6.83. The van der Waals surface area contributed by atoms with E-state index in [-0.39, 0.29) is 0 Å². The Balaban J connectivity index is 1.93. The van der Waals surface area contributed by atoms with E-state index in [1.54, 1.807) is 0 Å². The molecule has 0 radical (unpaired) electrons. The van der Waals surface area contributed by atoms with Crippen molar-refractivity contribution in [3.05, 3.63) is 30.1 Å². The highest BCUT2D eigenvalue weighted by molar-refractivity contribution is 6.00. The molecule has 0 saturated heterocycles. The van der Waals surface area contributed by atoms with Crippen LogP contribution in [0.4, 0.5) is 11.4 Å². The molecule has 3 heteroatoms. The van der Waals surface area contributed by atoms with Gasteiger partial charge in [0, 0.05) is 40.1 Å². The number of aryl methyl sites for hydroxylation is 1. The fourth-order valence-corrected chi connectivity index (χ4v) is 3.78. The summed E-state index contributed by atoms with van der Waals surface area (Å²) in [6.07, 6.45) is 5.74. The molecule has 1 aliphatic carbocycles. The Labute approximate surface area is 127 Å². The molecule has 3 N–H and O–H groups in total. The minimum atomic E-state index is 0.559. The highest BCUT2D eigenvalue weighted by Crippen LogP contribution is 2.33. The summed E-state index contributed by atoms with van der Waals surface area (Å²) in [6.45, 7) is 6.75. The third-order valence-electron chi connectivity index (χ3n) is 4.61. The third kappa shape index (κ3) is 2.97. The SMILES string of the molecule is Cc1cc2c(NC3CC(C)CC(C)C3)ccc(N)c2cn1. The lowest BCUT2D eigenvalue weighted by Gasteiger charge is -2.33. The Hall–Kier alpha value is -1.77. The van der Waals surface area contributed by atoms with Crippen molar-refractivity contribution in [1.29, 1.82) is 0 Å². The Morgan fingerprint density at radius 3 is 2.52 bits per heavy atom. The van der Waals surface area contributed by atoms with Crippen LogP contribution in [-0.4, -0.2) is 11.0 Å². The van der Waals surface area contributed by atoms with Crippen molar-refractivity contribution in [3.8, 4) is 0 Å². The van der Waals surface area contributed by atoms with E-state index in [9.17, 15) is 0 Å². The smallest absolute Gasteiger partial charge is 0.0424 e. The summed E-state index contributed by atoms with van der Waals surface area (Å²) in [5.74, 6) is 1.60. The first kappa shape index (κ1) is 14.2. The summed E-state index contributed by atoms with van der Waals surface area (Å²) in [5.41, 5.74) is 9.10. The van der Waals surface area contributed by atoms with Crippen LogP contribution in [0.1, 0.15) is 38.8 Å². The number of hydrogen-bond acceptors (Lipinski definition) is 3. The Kier molecular flexibility index (Phi) is 3.75. The molecule has 2 aromatic rings. The zero-order chi connectivity index (χ0) is 15.0. The molecule has 0 aliphatic heterocycles. The summed E-state index contributed by atoms with van der Waals surface area (Å²) in [4.78, 5) is 4.37. The zero-order valence-electron chi connectivity index (χ0n) is 13.2. The van der Waals surface area contributed by atoms with Gasteiger partial charge in [0.15, 0.2) is 0 Å². The second-order valence-corrected chi connectivity index (χ2v) is 6.83. The Bertz CT molecular complexity index is 640. The lowest BCUT2D eigenvalue weighted by Crippen LogP contribution is -2.30. The van der Waals surface area contributed by atoms with Crippen LogP contribution in [0.25, 0.3) is 10.8 Å². The second kappa shape index (κ2) is 5.55. The van der Waals surface area contributed by atoms with E-state index in [2.05, 4.69) is 36.3 Å². The van der Waals surface area contributed by atoms with Crippen LogP contribution in [0.15, 0.2) is 24.4 Å². The first-order valence-electron chi connectivity index (χ1n) is 7.94. The number of nitrogens with two attached hydrogens (primary N) is 1. The quantitative estimate of drug-likeness (QED) is 0.805. The summed E-state index contributed by atoms with van der Waals surface area (Å²) in [6, 6.07) is 6.78. The van der Waals surface area contributed by atoms with Crippen molar-refractivity contribution in [2.75, 3.05) is 11.1 Å². The average Bonchev–Trinajstić information content (AvgIpc) is 2.41. The third-order valence-corrected chi connectivity index (χ3v) is 4.61. The molecule has 1 saturated carbocycles. The number of nitrogen functional groups attached to an aromatic ring is 1. The number of hydrogen-bond donors (Lipinski definition) is 2. The lowest BCUT2D eigenvalue weighted by atomic mass is 9.80. The van der Waals surface area contributed by atoms with Gasteiger partial charge in [-0.25, -0.2) is 0 Å². The highest BCUT2D eigenvalue weighted by atomic mass is 14.9. The molecule has 1 aromatic heterocycles. The van der Waals surface area contributed by atoms with E-state index < -0.39 is 0 Å². The molecular weight excluding hydrogens is 258 g/mol. The number of fused-ring (bicyclic) bond motifs is 1. The van der Waals surface area contributed by atoms with Gasteiger partial charge in [0.25, 0.3) is 0 Å². The van der Waals surface area contributed by atoms with Crippen LogP contribution in [0.3, 0.4) is 0 Å². The van der Waals surface area contributed by atoms with E-state index in [1.807, 2.05) is 19.2 Å². The molecule has 1 aliphatic rings. The van der Waals surface area contributed by atoms with Crippen LogP contribution < -0.4 is 11.1 Å². The maximum atomic E-state index is 6.08. The van der Waals surface area contributed by atoms with E-state index in [4.69, 9.17) is 5.73 Å². The van der Waals surface area contributed by atoms with Crippen LogP contribution in [0.5, 0.6) is 0 Å². The topological polar surface area (TPSA) is 50.9 Å². The zero-order valence-corrected chi connectivity index (χ0v) is 13.2. The molecule has 0 amide bonds. The molecule has 2 atom stereocenters. The van der Waals surface area contributed by atoms with Crippen LogP contribution in [0, 0.1) is 18.8 Å². The van der Waals surface area contributed by atoms with Crippen molar-refractivity contribution in [1.82, 2.24) is 4.98 Å². The molecule has 3 rings (SSSR count). The number of nitrogens with zero attached hydrogens (tertiary/aromatic N) is 1. The summed E-state index contributed by atoms with van der Waals surface area (Å²) < 4.78 is 0. The standard InChI is InChI=1S/C18H25N3/c1-11-6-12(2)8-14(7-11)21-18-5-4-17(19)16-10-20-13(3)9-15(16)18/h4-5,9-12,14,21H,6-8,19H2,1-3H3. The van der Waals surface area contributed by atoms with E-state index in [0.717, 1.165) is 28.6 Å². The van der Waals surface area contributed by atoms with Gasteiger partial charge in [0.05, 0.1) is 0 Å². The van der Waals surface area contributed by atoms with Crippen molar-refractivity contribution in [2.45, 2.75) is 46.1 Å².